The van der Waals surface area contributed by atoms with Gasteiger partial charge in [-0.05, 0) is 93.1 Å². The first-order chi connectivity index (χ1) is 13.3. The first-order valence-corrected chi connectivity index (χ1v) is 11.4. The maximum Gasteiger partial charge on any atom is 0.0792 e. The molecule has 0 aromatic carbocycles. The van der Waals surface area contributed by atoms with Gasteiger partial charge in [0, 0.05) is 0 Å². The smallest absolute Gasteiger partial charge is 0.0792 e. The van der Waals surface area contributed by atoms with Crippen LogP contribution in [-0.2, 0) is 4.74 Å². The van der Waals surface area contributed by atoms with E-state index in [1.807, 2.05) is 0 Å². The monoisotopic (exact) mass is 364 g/mol. The van der Waals surface area contributed by atoms with E-state index in [-0.39, 0.29) is 0 Å². The lowest BCUT2D eigenvalue weighted by Crippen LogP contribution is -2.13. The van der Waals surface area contributed by atoms with Gasteiger partial charge in [-0.1, -0.05) is 55.0 Å². The number of fused-ring (bicyclic) bond motifs is 1. The molecule has 4 rings (SSSR count). The second-order valence-electron chi connectivity index (χ2n) is 9.00. The second-order valence-corrected chi connectivity index (χ2v) is 9.00. The summed E-state index contributed by atoms with van der Waals surface area (Å²) in [4.78, 5) is 0. The molecule has 27 heavy (non-hydrogen) atoms. The van der Waals surface area contributed by atoms with Crippen molar-refractivity contribution < 1.29 is 4.74 Å². The van der Waals surface area contributed by atoms with Crippen LogP contribution in [0.25, 0.3) is 0 Å². The van der Waals surface area contributed by atoms with Gasteiger partial charge < -0.3 is 4.74 Å². The largest absolute Gasteiger partial charge is 0.374 e. The lowest BCUT2D eigenvalue weighted by Gasteiger charge is -2.27. The van der Waals surface area contributed by atoms with Gasteiger partial charge >= 0.3 is 0 Å². The Morgan fingerprint density at radius 3 is 2.78 bits per heavy atom. The molecule has 2 unspecified atom stereocenters. The third kappa shape index (κ3) is 5.13. The molecule has 1 heterocycles. The maximum atomic E-state index is 5.86. The Morgan fingerprint density at radius 1 is 1.11 bits per heavy atom. The lowest BCUT2D eigenvalue weighted by molar-refractivity contribution is 0.119. The molecule has 0 radical (unpaired) electrons. The Morgan fingerprint density at radius 2 is 2.00 bits per heavy atom. The summed E-state index contributed by atoms with van der Waals surface area (Å²) < 4.78 is 5.86. The Bertz CT molecular complexity index is 652. The van der Waals surface area contributed by atoms with E-state index in [0.29, 0.717) is 6.10 Å². The summed E-state index contributed by atoms with van der Waals surface area (Å²) in [6.07, 6.45) is 30.2. The van der Waals surface area contributed by atoms with Crippen molar-refractivity contribution in [2.75, 3.05) is 6.61 Å². The fourth-order valence-electron chi connectivity index (χ4n) is 5.15. The number of ether oxygens (including phenoxy) is 1. The van der Waals surface area contributed by atoms with E-state index in [4.69, 9.17) is 4.74 Å². The summed E-state index contributed by atoms with van der Waals surface area (Å²) in [6.45, 7) is 3.22. The molecule has 0 amide bonds. The molecule has 3 aliphatic carbocycles. The first-order valence-electron chi connectivity index (χ1n) is 11.4. The molecule has 4 aliphatic rings. The van der Waals surface area contributed by atoms with Crippen LogP contribution in [0.1, 0.15) is 71.1 Å². The van der Waals surface area contributed by atoms with Gasteiger partial charge in [0.05, 0.1) is 12.7 Å². The van der Waals surface area contributed by atoms with E-state index < -0.39 is 0 Å². The van der Waals surface area contributed by atoms with Gasteiger partial charge in [0.2, 0.25) is 0 Å². The highest BCUT2D eigenvalue weighted by atomic mass is 16.5. The van der Waals surface area contributed by atoms with Crippen LogP contribution in [0.3, 0.4) is 0 Å². The van der Waals surface area contributed by atoms with Crippen molar-refractivity contribution in [2.24, 2.45) is 17.8 Å². The van der Waals surface area contributed by atoms with Crippen molar-refractivity contribution in [1.82, 2.24) is 0 Å². The van der Waals surface area contributed by atoms with E-state index in [1.165, 1.54) is 63.4 Å². The van der Waals surface area contributed by atoms with Gasteiger partial charge in [0.1, 0.15) is 0 Å². The van der Waals surface area contributed by atoms with Gasteiger partial charge in [-0.2, -0.15) is 0 Å². The molecule has 0 N–H and O–H groups in total. The predicted molar refractivity (Wildman–Crippen MR) is 115 cm³/mol. The molecule has 2 fully saturated rings. The van der Waals surface area contributed by atoms with Crippen molar-refractivity contribution in [2.45, 2.75) is 77.2 Å². The summed E-state index contributed by atoms with van der Waals surface area (Å²) in [6, 6.07) is 0. The first kappa shape index (κ1) is 19.0. The molecule has 1 heteroatoms. The predicted octanol–water partition coefficient (Wildman–Crippen LogP) is 7.09. The van der Waals surface area contributed by atoms with Crippen molar-refractivity contribution in [3.63, 3.8) is 0 Å². The van der Waals surface area contributed by atoms with Gasteiger partial charge in [0.25, 0.3) is 0 Å². The average Bonchev–Trinajstić information content (AvgIpc) is 3.06. The Hall–Kier alpha value is -1.34. The molecular weight excluding hydrogens is 328 g/mol. The Kier molecular flexibility index (Phi) is 6.50. The van der Waals surface area contributed by atoms with Crippen LogP contribution in [0.5, 0.6) is 0 Å². The van der Waals surface area contributed by atoms with Crippen LogP contribution in [0.2, 0.25) is 0 Å². The van der Waals surface area contributed by atoms with Crippen molar-refractivity contribution >= 4 is 0 Å². The fraction of sp³-hybridized carbons (Fsp3) is 0.615. The molecule has 1 nitrogen and oxygen atoms in total. The minimum Gasteiger partial charge on any atom is -0.374 e. The standard InChI is InChI=1S/C26H36O/c1-2-20-6-8-21(9-7-20)10-11-22-12-14-23(15-13-22)18-24-4-3-5-26-25(19-24)16-17-27-26/h4,6,8-11,19-20,22-23,26H,2-3,5,7,12-18H2,1H3. The topological polar surface area (TPSA) is 9.23 Å². The molecule has 1 saturated heterocycles. The Labute approximate surface area is 166 Å². The minimum absolute atomic E-state index is 0.426. The molecule has 146 valence electrons. The zero-order chi connectivity index (χ0) is 18.5. The summed E-state index contributed by atoms with van der Waals surface area (Å²) >= 11 is 0. The number of allylic oxidation sites excluding steroid dienone is 9. The highest BCUT2D eigenvalue weighted by Gasteiger charge is 2.25. The van der Waals surface area contributed by atoms with Crippen molar-refractivity contribution in [3.05, 3.63) is 59.3 Å². The van der Waals surface area contributed by atoms with E-state index in [0.717, 1.165) is 30.8 Å². The number of hydrogen-bond acceptors (Lipinski definition) is 1. The zero-order valence-corrected chi connectivity index (χ0v) is 17.0. The third-order valence-electron chi connectivity index (χ3n) is 7.05. The van der Waals surface area contributed by atoms with Crippen molar-refractivity contribution in [1.29, 1.82) is 0 Å². The van der Waals surface area contributed by atoms with Crippen molar-refractivity contribution in [3.8, 4) is 0 Å². The van der Waals surface area contributed by atoms with Crippen LogP contribution >= 0.6 is 0 Å². The average molecular weight is 365 g/mol. The van der Waals surface area contributed by atoms with Gasteiger partial charge in [-0.25, -0.2) is 0 Å². The summed E-state index contributed by atoms with van der Waals surface area (Å²) in [5.41, 5.74) is 4.58. The highest BCUT2D eigenvalue weighted by molar-refractivity contribution is 5.34. The fourth-order valence-corrected chi connectivity index (χ4v) is 5.15. The third-order valence-corrected chi connectivity index (χ3v) is 7.05. The van der Waals surface area contributed by atoms with Crippen LogP contribution in [-0.4, -0.2) is 12.7 Å². The van der Waals surface area contributed by atoms with E-state index in [9.17, 15) is 0 Å². The number of hydrogen-bond donors (Lipinski definition) is 0. The van der Waals surface area contributed by atoms with E-state index in [1.54, 1.807) is 11.1 Å². The summed E-state index contributed by atoms with van der Waals surface area (Å²) in [7, 11) is 0. The highest BCUT2D eigenvalue weighted by Crippen LogP contribution is 2.36. The molecule has 2 atom stereocenters. The molecule has 0 bridgehead atoms. The van der Waals surface area contributed by atoms with E-state index >= 15 is 0 Å². The van der Waals surface area contributed by atoms with Crippen LogP contribution in [0, 0.1) is 17.8 Å². The quantitative estimate of drug-likeness (QED) is 0.506. The lowest BCUT2D eigenvalue weighted by atomic mass is 9.78. The zero-order valence-electron chi connectivity index (χ0n) is 17.0. The SMILES string of the molecule is CCC1C=CC(C=CC2CCC(CC3=CCCC4OCCC4=C3)CC2)=CC1. The molecule has 0 spiro atoms. The van der Waals surface area contributed by atoms with E-state index in [2.05, 4.69) is 49.5 Å². The van der Waals surface area contributed by atoms with Crippen LogP contribution in [0.15, 0.2) is 59.3 Å². The van der Waals surface area contributed by atoms with Crippen LogP contribution < -0.4 is 0 Å². The molecule has 0 aromatic heterocycles. The summed E-state index contributed by atoms with van der Waals surface area (Å²) in [5, 5.41) is 0. The van der Waals surface area contributed by atoms with Gasteiger partial charge in [-0.15, -0.1) is 0 Å². The minimum atomic E-state index is 0.426. The second kappa shape index (κ2) is 9.24. The van der Waals surface area contributed by atoms with Gasteiger partial charge in [-0.3, -0.25) is 0 Å². The molecule has 1 saturated carbocycles. The van der Waals surface area contributed by atoms with Gasteiger partial charge in [0.15, 0.2) is 0 Å². The molecule has 1 aliphatic heterocycles. The summed E-state index contributed by atoms with van der Waals surface area (Å²) in [5.74, 6) is 2.43. The Balaban J connectivity index is 1.24. The van der Waals surface area contributed by atoms with Crippen LogP contribution in [0.4, 0.5) is 0 Å². The molecular formula is C26H36O. The normalized spacial score (nSPS) is 34.0. The maximum absolute atomic E-state index is 5.86. The number of rotatable bonds is 5. The molecule has 0 aromatic rings.